The van der Waals surface area contributed by atoms with E-state index < -0.39 is 5.91 Å². The van der Waals surface area contributed by atoms with Crippen molar-refractivity contribution in [2.75, 3.05) is 30.5 Å². The molecule has 1 aromatic carbocycles. The summed E-state index contributed by atoms with van der Waals surface area (Å²) in [5, 5.41) is 7.91. The first-order chi connectivity index (χ1) is 14.9. The van der Waals surface area contributed by atoms with Crippen LogP contribution in [0.15, 0.2) is 29.6 Å². The number of benzene rings is 1. The molecule has 2 aliphatic rings. The van der Waals surface area contributed by atoms with Crippen LogP contribution in [0.1, 0.15) is 30.1 Å². The Kier molecular flexibility index (Phi) is 6.10. The summed E-state index contributed by atoms with van der Waals surface area (Å²) in [6.45, 7) is 3.26. The van der Waals surface area contributed by atoms with Crippen LogP contribution < -0.4 is 25.8 Å². The minimum atomic E-state index is -0.571. The number of nitrogens with one attached hydrogen (secondary N) is 2. The number of likely N-dealkylation sites (tertiary alicyclic amines) is 1. The van der Waals surface area contributed by atoms with E-state index in [1.54, 1.807) is 29.6 Å². The van der Waals surface area contributed by atoms with E-state index in [0.29, 0.717) is 53.7 Å². The number of ether oxygens (including phenoxy) is 2. The van der Waals surface area contributed by atoms with Crippen molar-refractivity contribution in [1.82, 2.24) is 4.90 Å². The van der Waals surface area contributed by atoms with Gasteiger partial charge >= 0.3 is 0 Å². The van der Waals surface area contributed by atoms with Crippen LogP contribution in [0.4, 0.5) is 10.7 Å². The van der Waals surface area contributed by atoms with Crippen molar-refractivity contribution in [1.29, 1.82) is 0 Å². The van der Waals surface area contributed by atoms with Gasteiger partial charge in [-0.1, -0.05) is 0 Å². The first-order valence-corrected chi connectivity index (χ1v) is 10.9. The first-order valence-electron chi connectivity index (χ1n) is 10.0. The average molecular weight is 445 g/mol. The normalized spacial score (nSPS) is 17.2. The van der Waals surface area contributed by atoms with Crippen molar-refractivity contribution < 1.29 is 23.9 Å². The molecular formula is C21H24N4O5S. The monoisotopic (exact) mass is 444 g/mol. The highest BCUT2D eigenvalue weighted by atomic mass is 32.1. The van der Waals surface area contributed by atoms with E-state index in [-0.39, 0.29) is 30.6 Å². The Morgan fingerprint density at radius 3 is 2.61 bits per heavy atom. The van der Waals surface area contributed by atoms with Crippen molar-refractivity contribution in [3.05, 3.63) is 35.2 Å². The van der Waals surface area contributed by atoms with Gasteiger partial charge < -0.3 is 25.8 Å². The summed E-state index contributed by atoms with van der Waals surface area (Å²) in [5.74, 6) is 0.351. The van der Waals surface area contributed by atoms with Gasteiger partial charge in [0.2, 0.25) is 18.6 Å². The van der Waals surface area contributed by atoms with E-state index in [1.807, 2.05) is 11.8 Å². The van der Waals surface area contributed by atoms with Crippen LogP contribution in [-0.2, 0) is 9.59 Å². The number of thiophene rings is 1. The number of amides is 3. The predicted molar refractivity (Wildman–Crippen MR) is 116 cm³/mol. The van der Waals surface area contributed by atoms with Crippen LogP contribution >= 0.6 is 11.3 Å². The van der Waals surface area contributed by atoms with E-state index in [1.165, 1.54) is 11.3 Å². The highest BCUT2D eigenvalue weighted by molar-refractivity contribution is 7.14. The zero-order chi connectivity index (χ0) is 22.0. The molecule has 3 amide bonds. The predicted octanol–water partition coefficient (Wildman–Crippen LogP) is 2.25. The number of anilines is 2. The molecular weight excluding hydrogens is 420 g/mol. The van der Waals surface area contributed by atoms with E-state index in [4.69, 9.17) is 15.2 Å². The van der Waals surface area contributed by atoms with Gasteiger partial charge in [-0.25, -0.2) is 0 Å². The lowest BCUT2D eigenvalue weighted by Gasteiger charge is -2.34. The molecule has 0 aliphatic carbocycles. The number of nitrogens with two attached hydrogens (primary N) is 1. The number of carbonyl (C=O) groups excluding carboxylic acids is 3. The fourth-order valence-corrected chi connectivity index (χ4v) is 4.55. The average Bonchev–Trinajstić information content (AvgIpc) is 3.42. The van der Waals surface area contributed by atoms with Gasteiger partial charge in [-0.05, 0) is 56.4 Å². The van der Waals surface area contributed by atoms with Crippen molar-refractivity contribution in [2.24, 2.45) is 11.7 Å². The summed E-state index contributed by atoms with van der Waals surface area (Å²) < 4.78 is 10.6. The topological polar surface area (TPSA) is 123 Å². The van der Waals surface area contributed by atoms with Crippen LogP contribution in [0.5, 0.6) is 11.5 Å². The highest BCUT2D eigenvalue weighted by Crippen LogP contribution is 2.34. The number of nitrogens with zero attached hydrogens (tertiary/aromatic N) is 1. The van der Waals surface area contributed by atoms with Crippen LogP contribution in [0.2, 0.25) is 0 Å². The number of rotatable bonds is 6. The smallest absolute Gasteiger partial charge is 0.251 e. The third kappa shape index (κ3) is 4.64. The molecule has 3 heterocycles. The SMILES string of the molecule is CC(C(=O)Nc1sccc1C(N)=O)N1CCC(C(=O)Nc2ccc3c(c2)OCO3)CC1. The Hall–Kier alpha value is -3.11. The third-order valence-electron chi connectivity index (χ3n) is 5.64. The zero-order valence-corrected chi connectivity index (χ0v) is 17.9. The number of primary amides is 1. The quantitative estimate of drug-likeness (QED) is 0.628. The lowest BCUT2D eigenvalue weighted by molar-refractivity contribution is -0.123. The van der Waals surface area contributed by atoms with Crippen LogP contribution in [0.25, 0.3) is 0 Å². The minimum absolute atomic E-state index is 0.0414. The van der Waals surface area contributed by atoms with Crippen molar-refractivity contribution in [2.45, 2.75) is 25.8 Å². The number of hydrogen-bond donors (Lipinski definition) is 3. The Balaban J connectivity index is 1.28. The van der Waals surface area contributed by atoms with Crippen LogP contribution in [0.3, 0.4) is 0 Å². The number of carbonyl (C=O) groups is 3. The molecule has 1 saturated heterocycles. The van der Waals surface area contributed by atoms with E-state index in [9.17, 15) is 14.4 Å². The van der Waals surface area contributed by atoms with Gasteiger partial charge in [-0.3, -0.25) is 19.3 Å². The summed E-state index contributed by atoms with van der Waals surface area (Å²) in [5.41, 5.74) is 6.32. The molecule has 1 aromatic heterocycles. The van der Waals surface area contributed by atoms with Crippen molar-refractivity contribution >= 4 is 39.7 Å². The molecule has 2 aromatic rings. The maximum Gasteiger partial charge on any atom is 0.251 e. The molecule has 9 nitrogen and oxygen atoms in total. The largest absolute Gasteiger partial charge is 0.454 e. The standard InChI is InChI=1S/C21H24N4O5S/c1-12(19(27)24-21-15(18(22)26)6-9-31-21)25-7-4-13(5-8-25)20(28)23-14-2-3-16-17(10-14)30-11-29-16/h2-3,6,9-10,12-13H,4-5,7-8,11H2,1H3,(H2,22,26)(H,23,28)(H,24,27). The van der Waals surface area contributed by atoms with Crippen LogP contribution in [-0.4, -0.2) is 48.5 Å². The van der Waals surface area contributed by atoms with E-state index in [2.05, 4.69) is 10.6 Å². The van der Waals surface area contributed by atoms with Crippen LogP contribution in [0, 0.1) is 5.92 Å². The number of fused-ring (bicyclic) bond motifs is 1. The fraction of sp³-hybridized carbons (Fsp3) is 0.381. The molecule has 0 spiro atoms. The Morgan fingerprint density at radius 2 is 1.87 bits per heavy atom. The molecule has 10 heteroatoms. The van der Waals surface area contributed by atoms with Gasteiger partial charge in [0.15, 0.2) is 11.5 Å². The second-order valence-corrected chi connectivity index (χ2v) is 8.48. The molecule has 0 saturated carbocycles. The summed E-state index contributed by atoms with van der Waals surface area (Å²) >= 11 is 1.26. The summed E-state index contributed by atoms with van der Waals surface area (Å²) in [6, 6.07) is 6.53. The van der Waals surface area contributed by atoms with Crippen molar-refractivity contribution in [3.63, 3.8) is 0 Å². The lowest BCUT2D eigenvalue weighted by atomic mass is 9.94. The number of hydrogen-bond acceptors (Lipinski definition) is 7. The van der Waals surface area contributed by atoms with Gasteiger partial charge in [-0.15, -0.1) is 11.3 Å². The molecule has 0 radical (unpaired) electrons. The third-order valence-corrected chi connectivity index (χ3v) is 6.46. The molecule has 164 valence electrons. The zero-order valence-electron chi connectivity index (χ0n) is 17.1. The molecule has 1 fully saturated rings. The van der Waals surface area contributed by atoms with Gasteiger partial charge in [0, 0.05) is 17.7 Å². The highest BCUT2D eigenvalue weighted by Gasteiger charge is 2.30. The molecule has 31 heavy (non-hydrogen) atoms. The first kappa shape index (κ1) is 21.1. The molecule has 4 rings (SSSR count). The fourth-order valence-electron chi connectivity index (χ4n) is 3.75. The van der Waals surface area contributed by atoms with Crippen molar-refractivity contribution in [3.8, 4) is 11.5 Å². The second kappa shape index (κ2) is 8.94. The lowest BCUT2D eigenvalue weighted by Crippen LogP contribution is -2.47. The second-order valence-electron chi connectivity index (χ2n) is 7.56. The Morgan fingerprint density at radius 1 is 1.13 bits per heavy atom. The Bertz CT molecular complexity index is 999. The molecule has 0 bridgehead atoms. The summed E-state index contributed by atoms with van der Waals surface area (Å²) in [6.07, 6.45) is 1.30. The maximum absolute atomic E-state index is 12.7. The summed E-state index contributed by atoms with van der Waals surface area (Å²) in [7, 11) is 0. The molecule has 1 atom stereocenters. The molecule has 1 unspecified atom stereocenters. The Labute approximate surface area is 183 Å². The van der Waals surface area contributed by atoms with Gasteiger partial charge in [0.05, 0.1) is 11.6 Å². The maximum atomic E-state index is 12.7. The number of piperidine rings is 1. The van der Waals surface area contributed by atoms with E-state index >= 15 is 0 Å². The van der Waals surface area contributed by atoms with Gasteiger partial charge in [-0.2, -0.15) is 0 Å². The van der Waals surface area contributed by atoms with Gasteiger partial charge in [0.25, 0.3) is 5.91 Å². The summed E-state index contributed by atoms with van der Waals surface area (Å²) in [4.78, 5) is 38.8. The molecule has 2 aliphatic heterocycles. The minimum Gasteiger partial charge on any atom is -0.454 e. The van der Waals surface area contributed by atoms with E-state index in [0.717, 1.165) is 0 Å². The van der Waals surface area contributed by atoms with Gasteiger partial charge in [0.1, 0.15) is 5.00 Å². The molecule has 4 N–H and O–H groups in total.